The molecule has 3 aromatic heterocycles. The number of amides is 1. The second-order valence-electron chi connectivity index (χ2n) is 9.58. The molecule has 32 heavy (non-hydrogen) atoms. The highest BCUT2D eigenvalue weighted by Crippen LogP contribution is 2.29. The van der Waals surface area contributed by atoms with Crippen LogP contribution in [0.25, 0.3) is 22.6 Å². The number of fused-ring (bicyclic) bond motifs is 1. The number of halogens is 1. The fraction of sp³-hybridized carbons (Fsp3) is 0.320. The minimum absolute atomic E-state index is 0.00761. The number of carbonyl (C=O) groups excluding carboxylic acids is 1. The largest absolute Gasteiger partial charge is 0.349 e. The maximum Gasteiger partial charge on any atom is 0.254 e. The first-order valence-electron chi connectivity index (χ1n) is 10.8. The molecule has 1 aliphatic carbocycles. The van der Waals surface area contributed by atoms with Crippen molar-refractivity contribution in [2.75, 3.05) is 0 Å². The standard InChI is InChI=1S/C25H26FN5O/c1-15-9-21(26)20(24(32)29-18-6-7-18)10-19(15)16-11-28-31(13-16)23-12-27-22-8-5-17(14-30(22)23)25(2,3)4/h5,8-14,18H,6-7H2,1-4H3,(H,29,32). The summed E-state index contributed by atoms with van der Waals surface area (Å²) in [5, 5.41) is 7.40. The number of pyridine rings is 1. The van der Waals surface area contributed by atoms with Crippen molar-refractivity contribution in [3.05, 3.63) is 71.6 Å². The van der Waals surface area contributed by atoms with Gasteiger partial charge < -0.3 is 5.32 Å². The van der Waals surface area contributed by atoms with Gasteiger partial charge in [0.1, 0.15) is 11.5 Å². The molecule has 1 aromatic carbocycles. The lowest BCUT2D eigenvalue weighted by atomic mass is 9.88. The fourth-order valence-electron chi connectivity index (χ4n) is 3.82. The van der Waals surface area contributed by atoms with E-state index in [-0.39, 0.29) is 22.9 Å². The van der Waals surface area contributed by atoms with Crippen LogP contribution >= 0.6 is 0 Å². The number of hydrogen-bond acceptors (Lipinski definition) is 3. The van der Waals surface area contributed by atoms with Crippen molar-refractivity contribution in [3.8, 4) is 16.9 Å². The Bertz CT molecular complexity index is 1340. The zero-order chi connectivity index (χ0) is 22.6. The third-order valence-corrected chi connectivity index (χ3v) is 5.95. The molecule has 0 bridgehead atoms. The minimum atomic E-state index is -0.506. The highest BCUT2D eigenvalue weighted by molar-refractivity contribution is 5.96. The van der Waals surface area contributed by atoms with Gasteiger partial charge in [-0.25, -0.2) is 14.1 Å². The van der Waals surface area contributed by atoms with Crippen LogP contribution in [0.1, 0.15) is 55.1 Å². The zero-order valence-electron chi connectivity index (χ0n) is 18.7. The van der Waals surface area contributed by atoms with Gasteiger partial charge in [0.15, 0.2) is 5.82 Å². The summed E-state index contributed by atoms with van der Waals surface area (Å²) in [6, 6.07) is 7.30. The summed E-state index contributed by atoms with van der Waals surface area (Å²) in [7, 11) is 0. The highest BCUT2D eigenvalue weighted by atomic mass is 19.1. The first-order valence-corrected chi connectivity index (χ1v) is 10.8. The van der Waals surface area contributed by atoms with Crippen LogP contribution in [0, 0.1) is 12.7 Å². The van der Waals surface area contributed by atoms with Crippen LogP contribution in [0.15, 0.2) is 49.1 Å². The van der Waals surface area contributed by atoms with Gasteiger partial charge in [0, 0.05) is 24.0 Å². The first-order chi connectivity index (χ1) is 15.2. The number of imidazole rings is 1. The predicted molar refractivity (Wildman–Crippen MR) is 122 cm³/mol. The van der Waals surface area contributed by atoms with E-state index in [0.29, 0.717) is 0 Å². The average molecular weight is 432 g/mol. The molecule has 0 saturated heterocycles. The van der Waals surface area contributed by atoms with Crippen LogP contribution in [-0.2, 0) is 5.41 Å². The van der Waals surface area contributed by atoms with Crippen molar-refractivity contribution < 1.29 is 9.18 Å². The summed E-state index contributed by atoms with van der Waals surface area (Å²) in [5.74, 6) is -0.0627. The Morgan fingerprint density at radius 2 is 1.94 bits per heavy atom. The number of nitrogens with one attached hydrogen (secondary N) is 1. The molecule has 4 aromatic rings. The van der Waals surface area contributed by atoms with Crippen LogP contribution in [-0.4, -0.2) is 31.1 Å². The molecule has 6 nitrogen and oxygen atoms in total. The van der Waals surface area contributed by atoms with E-state index in [0.717, 1.165) is 41.0 Å². The Labute approximate surface area is 186 Å². The fourth-order valence-corrected chi connectivity index (χ4v) is 3.82. The minimum Gasteiger partial charge on any atom is -0.349 e. The Balaban J connectivity index is 1.53. The monoisotopic (exact) mass is 431 g/mol. The lowest BCUT2D eigenvalue weighted by Crippen LogP contribution is -2.26. The van der Waals surface area contributed by atoms with Gasteiger partial charge in [-0.15, -0.1) is 0 Å². The van der Waals surface area contributed by atoms with Crippen LogP contribution in [0.2, 0.25) is 0 Å². The van der Waals surface area contributed by atoms with Crippen molar-refractivity contribution in [2.24, 2.45) is 0 Å². The normalized spacial score (nSPS) is 14.2. The van der Waals surface area contributed by atoms with E-state index in [1.54, 1.807) is 23.1 Å². The van der Waals surface area contributed by atoms with Crippen molar-refractivity contribution in [3.63, 3.8) is 0 Å². The Hall–Kier alpha value is -3.48. The number of carbonyl (C=O) groups is 1. The molecule has 164 valence electrons. The van der Waals surface area contributed by atoms with Crippen molar-refractivity contribution in [1.29, 1.82) is 0 Å². The molecule has 0 spiro atoms. The van der Waals surface area contributed by atoms with E-state index in [1.807, 2.05) is 23.6 Å². The summed E-state index contributed by atoms with van der Waals surface area (Å²) in [6.45, 7) is 8.35. The zero-order valence-corrected chi connectivity index (χ0v) is 18.7. The molecule has 0 radical (unpaired) electrons. The lowest BCUT2D eigenvalue weighted by molar-refractivity contribution is 0.0947. The topological polar surface area (TPSA) is 64.2 Å². The van der Waals surface area contributed by atoms with Gasteiger partial charge in [0.05, 0.1) is 18.0 Å². The molecule has 3 heterocycles. The molecule has 1 aliphatic rings. The quantitative estimate of drug-likeness (QED) is 0.504. The second kappa shape index (κ2) is 7.29. The molecule has 1 saturated carbocycles. The Morgan fingerprint density at radius 1 is 1.16 bits per heavy atom. The highest BCUT2D eigenvalue weighted by Gasteiger charge is 2.26. The predicted octanol–water partition coefficient (Wildman–Crippen LogP) is 4.82. The van der Waals surface area contributed by atoms with Gasteiger partial charge in [0.2, 0.25) is 0 Å². The molecule has 0 unspecified atom stereocenters. The van der Waals surface area contributed by atoms with Crippen LogP contribution in [0.3, 0.4) is 0 Å². The molecule has 0 atom stereocenters. The van der Waals surface area contributed by atoms with Crippen molar-refractivity contribution >= 4 is 11.6 Å². The number of hydrogen-bond donors (Lipinski definition) is 1. The second-order valence-corrected chi connectivity index (χ2v) is 9.58. The van der Waals surface area contributed by atoms with Gasteiger partial charge in [-0.1, -0.05) is 26.8 Å². The molecule has 1 amide bonds. The molecule has 5 rings (SSSR count). The maximum absolute atomic E-state index is 14.5. The Morgan fingerprint density at radius 3 is 2.66 bits per heavy atom. The molecule has 0 aliphatic heterocycles. The average Bonchev–Trinajstić information content (AvgIpc) is 3.23. The van der Waals surface area contributed by atoms with E-state index in [2.05, 4.69) is 48.4 Å². The summed E-state index contributed by atoms with van der Waals surface area (Å²) < 4.78 is 18.3. The smallest absolute Gasteiger partial charge is 0.254 e. The lowest BCUT2D eigenvalue weighted by Gasteiger charge is -2.19. The van der Waals surface area contributed by atoms with Crippen LogP contribution < -0.4 is 5.32 Å². The molecule has 7 heteroatoms. The maximum atomic E-state index is 14.5. The van der Waals surface area contributed by atoms with Crippen molar-refractivity contribution in [2.45, 2.75) is 52.0 Å². The number of nitrogens with zero attached hydrogens (tertiary/aromatic N) is 4. The third kappa shape index (κ3) is 3.68. The van der Waals surface area contributed by atoms with E-state index in [1.165, 1.54) is 11.6 Å². The van der Waals surface area contributed by atoms with Crippen LogP contribution in [0.5, 0.6) is 0 Å². The van der Waals surface area contributed by atoms with Crippen LogP contribution in [0.4, 0.5) is 4.39 Å². The van der Waals surface area contributed by atoms with Gasteiger partial charge in [0.25, 0.3) is 5.91 Å². The Kier molecular flexibility index (Phi) is 4.65. The van der Waals surface area contributed by atoms with Gasteiger partial charge in [-0.05, 0) is 60.1 Å². The van der Waals surface area contributed by atoms with Gasteiger partial charge in [-0.3, -0.25) is 9.20 Å². The first kappa shape index (κ1) is 20.4. The molecular weight excluding hydrogens is 405 g/mol. The van der Waals surface area contributed by atoms with Crippen molar-refractivity contribution in [1.82, 2.24) is 24.5 Å². The number of aryl methyl sites for hydroxylation is 1. The third-order valence-electron chi connectivity index (χ3n) is 5.95. The van der Waals surface area contributed by atoms with E-state index < -0.39 is 5.82 Å². The van der Waals surface area contributed by atoms with E-state index >= 15 is 0 Å². The van der Waals surface area contributed by atoms with E-state index in [9.17, 15) is 9.18 Å². The summed E-state index contributed by atoms with van der Waals surface area (Å²) in [6.07, 6.45) is 9.39. The summed E-state index contributed by atoms with van der Waals surface area (Å²) in [5.41, 5.74) is 4.44. The molecule has 1 N–H and O–H groups in total. The number of rotatable bonds is 4. The van der Waals surface area contributed by atoms with Gasteiger partial charge >= 0.3 is 0 Å². The number of aromatic nitrogens is 4. The van der Waals surface area contributed by atoms with Gasteiger partial charge in [-0.2, -0.15) is 5.10 Å². The molecule has 1 fully saturated rings. The summed E-state index contributed by atoms with van der Waals surface area (Å²) >= 11 is 0. The summed E-state index contributed by atoms with van der Waals surface area (Å²) in [4.78, 5) is 17.0. The number of benzene rings is 1. The molecular formula is C25H26FN5O. The van der Waals surface area contributed by atoms with E-state index in [4.69, 9.17) is 0 Å². The SMILES string of the molecule is Cc1cc(F)c(C(=O)NC2CC2)cc1-c1cnn(-c2cnc3ccc(C(C)(C)C)cn23)c1.